The van der Waals surface area contributed by atoms with Gasteiger partial charge >= 0.3 is 0 Å². The van der Waals surface area contributed by atoms with Crippen LogP contribution in [0, 0.1) is 6.92 Å². The first kappa shape index (κ1) is 13.9. The molecule has 1 aromatic heterocycles. The van der Waals surface area contributed by atoms with E-state index in [0.717, 1.165) is 18.8 Å². The van der Waals surface area contributed by atoms with Crippen LogP contribution in [-0.2, 0) is 6.54 Å². The number of thiazole rings is 1. The van der Waals surface area contributed by atoms with Crippen molar-refractivity contribution in [2.45, 2.75) is 38.8 Å². The highest BCUT2D eigenvalue weighted by Gasteiger charge is 2.21. The zero-order chi connectivity index (χ0) is 10.7. The van der Waals surface area contributed by atoms with Gasteiger partial charge in [0.15, 0.2) is 0 Å². The zero-order valence-electron chi connectivity index (χ0n) is 9.69. The summed E-state index contributed by atoms with van der Waals surface area (Å²) in [4.78, 5) is 7.00. The third kappa shape index (κ3) is 3.42. The number of piperidine rings is 1. The Morgan fingerprint density at radius 2 is 2.38 bits per heavy atom. The lowest BCUT2D eigenvalue weighted by atomic mass is 10.0. The van der Waals surface area contributed by atoms with Crippen molar-refractivity contribution in [1.82, 2.24) is 9.88 Å². The molecule has 1 saturated heterocycles. The summed E-state index contributed by atoms with van der Waals surface area (Å²) in [7, 11) is 0. The summed E-state index contributed by atoms with van der Waals surface area (Å²) in [5, 5.41) is 3.35. The Kier molecular flexibility index (Phi) is 5.69. The summed E-state index contributed by atoms with van der Waals surface area (Å²) in [5.74, 6) is 0. The average molecular weight is 262 g/mol. The fraction of sp³-hybridized carbons (Fsp3) is 0.727. The summed E-state index contributed by atoms with van der Waals surface area (Å²) in [5.41, 5.74) is 6.93. The van der Waals surface area contributed by atoms with Crippen LogP contribution in [0.2, 0.25) is 0 Å². The van der Waals surface area contributed by atoms with Gasteiger partial charge in [-0.25, -0.2) is 4.98 Å². The van der Waals surface area contributed by atoms with Crippen molar-refractivity contribution in [2.24, 2.45) is 5.73 Å². The van der Waals surface area contributed by atoms with Gasteiger partial charge in [-0.15, -0.1) is 23.7 Å². The SMILES string of the molecule is Cc1csc(CN2CCCCC2CN)n1.Cl. The third-order valence-electron chi connectivity index (χ3n) is 3.03. The molecular weight excluding hydrogens is 242 g/mol. The number of nitrogens with two attached hydrogens (primary N) is 1. The molecule has 0 bridgehead atoms. The predicted octanol–water partition coefficient (Wildman–Crippen LogP) is 2.19. The molecule has 1 unspecified atom stereocenters. The van der Waals surface area contributed by atoms with E-state index in [9.17, 15) is 0 Å². The minimum absolute atomic E-state index is 0. The Labute approximate surface area is 107 Å². The highest BCUT2D eigenvalue weighted by molar-refractivity contribution is 7.09. The summed E-state index contributed by atoms with van der Waals surface area (Å²) in [6.07, 6.45) is 3.89. The fourth-order valence-corrected chi connectivity index (χ4v) is 2.98. The van der Waals surface area contributed by atoms with Gasteiger partial charge in [-0.2, -0.15) is 0 Å². The van der Waals surface area contributed by atoms with Crippen LogP contribution in [0.15, 0.2) is 5.38 Å². The van der Waals surface area contributed by atoms with Gasteiger partial charge in [0.2, 0.25) is 0 Å². The molecule has 3 nitrogen and oxygen atoms in total. The Hall–Kier alpha value is -0.160. The molecule has 1 atom stereocenters. The van der Waals surface area contributed by atoms with Gasteiger partial charge < -0.3 is 5.73 Å². The fourth-order valence-electron chi connectivity index (χ4n) is 2.18. The van der Waals surface area contributed by atoms with Crippen molar-refractivity contribution in [3.63, 3.8) is 0 Å². The molecule has 0 radical (unpaired) electrons. The van der Waals surface area contributed by atoms with Crippen LogP contribution in [0.25, 0.3) is 0 Å². The molecule has 0 aliphatic carbocycles. The number of hydrogen-bond acceptors (Lipinski definition) is 4. The van der Waals surface area contributed by atoms with Crippen LogP contribution in [0.4, 0.5) is 0 Å². The van der Waals surface area contributed by atoms with Crippen molar-refractivity contribution in [2.75, 3.05) is 13.1 Å². The van der Waals surface area contributed by atoms with Crippen LogP contribution in [0.3, 0.4) is 0 Å². The van der Waals surface area contributed by atoms with Gasteiger partial charge in [0.1, 0.15) is 5.01 Å². The lowest BCUT2D eigenvalue weighted by molar-refractivity contribution is 0.144. The van der Waals surface area contributed by atoms with E-state index in [0.29, 0.717) is 6.04 Å². The summed E-state index contributed by atoms with van der Waals surface area (Å²) in [6.45, 7) is 5.00. The molecule has 0 spiro atoms. The zero-order valence-corrected chi connectivity index (χ0v) is 11.3. The van der Waals surface area contributed by atoms with Crippen molar-refractivity contribution >= 4 is 23.7 Å². The van der Waals surface area contributed by atoms with Crippen LogP contribution >= 0.6 is 23.7 Å². The predicted molar refractivity (Wildman–Crippen MR) is 71.2 cm³/mol. The van der Waals surface area contributed by atoms with Gasteiger partial charge in [0.25, 0.3) is 0 Å². The van der Waals surface area contributed by atoms with Crippen LogP contribution in [0.5, 0.6) is 0 Å². The van der Waals surface area contributed by atoms with Crippen LogP contribution in [0.1, 0.15) is 30.0 Å². The first-order valence-electron chi connectivity index (χ1n) is 5.64. The van der Waals surface area contributed by atoms with E-state index >= 15 is 0 Å². The maximum Gasteiger partial charge on any atom is 0.107 e. The Bertz CT molecular complexity index is 316. The van der Waals surface area contributed by atoms with Crippen molar-refractivity contribution in [3.8, 4) is 0 Å². The van der Waals surface area contributed by atoms with Gasteiger partial charge in [-0.3, -0.25) is 4.90 Å². The standard InChI is InChI=1S/C11H19N3S.ClH/c1-9-8-15-11(13-9)7-14-5-3-2-4-10(14)6-12;/h8,10H,2-7,12H2,1H3;1H. The second-order valence-electron chi connectivity index (χ2n) is 4.24. The normalized spacial score (nSPS) is 21.8. The quantitative estimate of drug-likeness (QED) is 0.907. The Morgan fingerprint density at radius 3 is 3.00 bits per heavy atom. The number of nitrogens with zero attached hydrogens (tertiary/aromatic N) is 2. The molecule has 2 rings (SSSR count). The minimum Gasteiger partial charge on any atom is -0.329 e. The first-order valence-corrected chi connectivity index (χ1v) is 6.52. The highest BCUT2D eigenvalue weighted by atomic mass is 35.5. The van der Waals surface area contributed by atoms with Crippen LogP contribution in [-0.4, -0.2) is 29.0 Å². The van der Waals surface area contributed by atoms with Gasteiger partial charge in [0.05, 0.1) is 6.54 Å². The van der Waals surface area contributed by atoms with E-state index in [-0.39, 0.29) is 12.4 Å². The number of rotatable bonds is 3. The molecule has 16 heavy (non-hydrogen) atoms. The molecule has 1 aliphatic rings. The van der Waals surface area contributed by atoms with Crippen LogP contribution < -0.4 is 5.73 Å². The Morgan fingerprint density at radius 1 is 1.56 bits per heavy atom. The molecule has 92 valence electrons. The van der Waals surface area contributed by atoms with E-state index in [1.807, 2.05) is 0 Å². The molecule has 1 aliphatic heterocycles. The van der Waals surface area contributed by atoms with E-state index in [4.69, 9.17) is 5.73 Å². The van der Waals surface area contributed by atoms with E-state index < -0.39 is 0 Å². The molecule has 0 aromatic carbocycles. The Balaban J connectivity index is 0.00000128. The van der Waals surface area contributed by atoms with E-state index in [1.165, 1.54) is 30.8 Å². The molecule has 5 heteroatoms. The number of halogens is 1. The minimum atomic E-state index is 0. The maximum atomic E-state index is 5.79. The van der Waals surface area contributed by atoms with Gasteiger partial charge in [-0.05, 0) is 26.3 Å². The second kappa shape index (κ2) is 6.55. The number of aryl methyl sites for hydroxylation is 1. The first-order chi connectivity index (χ1) is 7.29. The molecule has 2 N–H and O–H groups in total. The highest BCUT2D eigenvalue weighted by Crippen LogP contribution is 2.20. The smallest absolute Gasteiger partial charge is 0.107 e. The number of likely N-dealkylation sites (tertiary alicyclic amines) is 1. The molecule has 0 amide bonds. The van der Waals surface area contributed by atoms with Gasteiger partial charge in [0, 0.05) is 23.7 Å². The third-order valence-corrected chi connectivity index (χ3v) is 3.98. The van der Waals surface area contributed by atoms with Crippen molar-refractivity contribution < 1.29 is 0 Å². The van der Waals surface area contributed by atoms with Gasteiger partial charge in [-0.1, -0.05) is 6.42 Å². The average Bonchev–Trinajstić information content (AvgIpc) is 2.65. The topological polar surface area (TPSA) is 42.1 Å². The monoisotopic (exact) mass is 261 g/mol. The molecule has 1 fully saturated rings. The number of aromatic nitrogens is 1. The summed E-state index contributed by atoms with van der Waals surface area (Å²) in [6, 6.07) is 0.572. The lowest BCUT2D eigenvalue weighted by Gasteiger charge is -2.34. The van der Waals surface area contributed by atoms with Crippen molar-refractivity contribution in [3.05, 3.63) is 16.1 Å². The summed E-state index contributed by atoms with van der Waals surface area (Å²) < 4.78 is 0. The molecular formula is C11H20ClN3S. The maximum absolute atomic E-state index is 5.79. The summed E-state index contributed by atoms with van der Waals surface area (Å²) >= 11 is 1.76. The molecule has 2 heterocycles. The van der Waals surface area contributed by atoms with E-state index in [2.05, 4.69) is 22.2 Å². The molecule has 1 aromatic rings. The lowest BCUT2D eigenvalue weighted by Crippen LogP contribution is -2.43. The molecule has 0 saturated carbocycles. The number of hydrogen-bond donors (Lipinski definition) is 1. The van der Waals surface area contributed by atoms with Crippen molar-refractivity contribution in [1.29, 1.82) is 0 Å². The van der Waals surface area contributed by atoms with E-state index in [1.54, 1.807) is 11.3 Å². The second-order valence-corrected chi connectivity index (χ2v) is 5.18. The largest absolute Gasteiger partial charge is 0.329 e.